The Morgan fingerprint density at radius 1 is 1.22 bits per heavy atom. The first-order valence-corrected chi connectivity index (χ1v) is 8.14. The van der Waals surface area contributed by atoms with Crippen molar-refractivity contribution in [1.29, 1.82) is 0 Å². The predicted octanol–water partition coefficient (Wildman–Crippen LogP) is 1.50. The van der Waals surface area contributed by atoms with Gasteiger partial charge in [0.15, 0.2) is 0 Å². The lowest BCUT2D eigenvalue weighted by atomic mass is 10.0. The van der Waals surface area contributed by atoms with Crippen molar-refractivity contribution < 1.29 is 19.4 Å². The molecular weight excluding hydrogens is 298 g/mol. The van der Waals surface area contributed by atoms with Crippen LogP contribution < -0.4 is 0 Å². The molecule has 7 heteroatoms. The van der Waals surface area contributed by atoms with E-state index in [4.69, 9.17) is 4.74 Å². The Hall–Kier alpha value is -1.50. The maximum Gasteiger partial charge on any atom is 0.410 e. The van der Waals surface area contributed by atoms with Crippen molar-refractivity contribution in [2.75, 3.05) is 26.2 Å². The summed E-state index contributed by atoms with van der Waals surface area (Å²) >= 11 is 0. The molecule has 7 nitrogen and oxygen atoms in total. The summed E-state index contributed by atoms with van der Waals surface area (Å²) in [6, 6.07) is -0.660. The number of rotatable bonds is 1. The van der Waals surface area contributed by atoms with Crippen LogP contribution in [0.4, 0.5) is 9.59 Å². The summed E-state index contributed by atoms with van der Waals surface area (Å²) in [7, 11) is 0. The van der Waals surface area contributed by atoms with Gasteiger partial charge in [0, 0.05) is 25.2 Å². The van der Waals surface area contributed by atoms with E-state index in [2.05, 4.69) is 0 Å². The molecule has 0 aromatic carbocycles. The molecule has 2 fully saturated rings. The average molecular weight is 327 g/mol. The molecule has 0 spiro atoms. The number of nitrogens with zero attached hydrogens (tertiary/aromatic N) is 3. The number of carbonyl (C=O) groups is 2. The fourth-order valence-corrected chi connectivity index (χ4v) is 3.17. The molecule has 23 heavy (non-hydrogen) atoms. The van der Waals surface area contributed by atoms with Gasteiger partial charge in [-0.3, -0.25) is 4.90 Å². The van der Waals surface area contributed by atoms with Gasteiger partial charge in [0.1, 0.15) is 5.60 Å². The molecule has 0 bridgehead atoms. The van der Waals surface area contributed by atoms with Crippen molar-refractivity contribution in [1.82, 2.24) is 14.7 Å². The second-order valence-electron chi connectivity index (χ2n) is 8.25. The van der Waals surface area contributed by atoms with E-state index in [1.54, 1.807) is 14.7 Å². The van der Waals surface area contributed by atoms with Crippen LogP contribution in [-0.4, -0.2) is 81.4 Å². The van der Waals surface area contributed by atoms with Crippen LogP contribution in [0.5, 0.6) is 0 Å². The molecule has 0 saturated carbocycles. The van der Waals surface area contributed by atoms with Crippen molar-refractivity contribution in [3.63, 3.8) is 0 Å². The molecule has 3 amide bonds. The van der Waals surface area contributed by atoms with Gasteiger partial charge < -0.3 is 19.6 Å². The molecule has 2 aliphatic rings. The van der Waals surface area contributed by atoms with E-state index in [-0.39, 0.29) is 24.2 Å². The second kappa shape index (κ2) is 5.85. The zero-order valence-electron chi connectivity index (χ0n) is 15.0. The van der Waals surface area contributed by atoms with Gasteiger partial charge in [-0.05, 0) is 41.5 Å². The van der Waals surface area contributed by atoms with Gasteiger partial charge in [-0.15, -0.1) is 0 Å². The first-order valence-electron chi connectivity index (χ1n) is 8.14. The van der Waals surface area contributed by atoms with Crippen LogP contribution in [0, 0.1) is 0 Å². The van der Waals surface area contributed by atoms with E-state index in [1.807, 2.05) is 41.5 Å². The molecule has 2 aliphatic heterocycles. The zero-order chi connectivity index (χ0) is 17.6. The number of hydrogen-bond acceptors (Lipinski definition) is 4. The monoisotopic (exact) mass is 327 g/mol. The van der Waals surface area contributed by atoms with Crippen LogP contribution in [0.2, 0.25) is 0 Å². The first kappa shape index (κ1) is 17.8. The number of fused-ring (bicyclic) bond motifs is 1. The van der Waals surface area contributed by atoms with E-state index in [0.29, 0.717) is 19.6 Å². The molecule has 132 valence electrons. The SMILES string of the molecule is CC(C)(C)OC(=O)N1CCN2C(=O)N(C(C)(C)C)C[C@@H]2C1CO. The lowest BCUT2D eigenvalue weighted by molar-refractivity contribution is -0.0171. The van der Waals surface area contributed by atoms with Gasteiger partial charge in [0.25, 0.3) is 0 Å². The lowest BCUT2D eigenvalue weighted by Crippen LogP contribution is -2.62. The number of aliphatic hydroxyl groups excluding tert-OH is 1. The lowest BCUT2D eigenvalue weighted by Gasteiger charge is -2.43. The summed E-state index contributed by atoms with van der Waals surface area (Å²) in [6.07, 6.45) is -0.433. The number of urea groups is 1. The third kappa shape index (κ3) is 3.54. The van der Waals surface area contributed by atoms with Crippen molar-refractivity contribution in [3.05, 3.63) is 0 Å². The largest absolute Gasteiger partial charge is 0.444 e. The molecule has 0 aromatic heterocycles. The Balaban J connectivity index is 2.19. The molecule has 1 N–H and O–H groups in total. The molecular formula is C16H29N3O4. The van der Waals surface area contributed by atoms with E-state index in [0.717, 1.165) is 0 Å². The third-order valence-corrected chi connectivity index (χ3v) is 4.30. The topological polar surface area (TPSA) is 73.3 Å². The number of hydrogen-bond donors (Lipinski definition) is 1. The molecule has 0 aliphatic carbocycles. The molecule has 0 aromatic rings. The minimum absolute atomic E-state index is 0.0233. The van der Waals surface area contributed by atoms with E-state index < -0.39 is 17.7 Å². The first-order chi connectivity index (χ1) is 10.5. The van der Waals surface area contributed by atoms with E-state index in [9.17, 15) is 14.7 Å². The number of ether oxygens (including phenoxy) is 1. The number of amides is 3. The highest BCUT2D eigenvalue weighted by molar-refractivity contribution is 5.79. The van der Waals surface area contributed by atoms with Crippen molar-refractivity contribution in [2.24, 2.45) is 0 Å². The summed E-state index contributed by atoms with van der Waals surface area (Å²) in [5.41, 5.74) is -0.873. The molecule has 0 radical (unpaired) electrons. The normalized spacial score (nSPS) is 25.7. The van der Waals surface area contributed by atoms with Gasteiger partial charge in [0.05, 0.1) is 18.7 Å². The predicted molar refractivity (Wildman–Crippen MR) is 86.2 cm³/mol. The van der Waals surface area contributed by atoms with Gasteiger partial charge >= 0.3 is 12.1 Å². The Morgan fingerprint density at radius 2 is 1.83 bits per heavy atom. The Kier molecular flexibility index (Phi) is 4.54. The standard InChI is InChI=1S/C16H29N3O4/c1-15(2,3)19-9-11-12(10-20)18(8-7-17(11)13(19)21)14(22)23-16(4,5)6/h11-12,20H,7-10H2,1-6H3/t11-,12?/m1/s1. The van der Waals surface area contributed by atoms with Crippen molar-refractivity contribution in [2.45, 2.75) is 64.8 Å². The molecule has 2 heterocycles. The molecule has 2 rings (SSSR count). The zero-order valence-corrected chi connectivity index (χ0v) is 15.0. The minimum Gasteiger partial charge on any atom is -0.444 e. The number of piperazine rings is 1. The molecule has 2 saturated heterocycles. The summed E-state index contributed by atoms with van der Waals surface area (Å²) in [4.78, 5) is 30.1. The summed E-state index contributed by atoms with van der Waals surface area (Å²) in [6.45, 7) is 12.6. The highest BCUT2D eigenvalue weighted by atomic mass is 16.6. The van der Waals surface area contributed by atoms with Gasteiger partial charge in [-0.1, -0.05) is 0 Å². The highest BCUT2D eigenvalue weighted by Crippen LogP contribution is 2.30. The number of aliphatic hydroxyl groups is 1. The summed E-state index contributed by atoms with van der Waals surface area (Å²) < 4.78 is 5.44. The molecule has 2 atom stereocenters. The fourth-order valence-electron chi connectivity index (χ4n) is 3.17. The maximum absolute atomic E-state index is 12.6. The highest BCUT2D eigenvalue weighted by Gasteiger charge is 2.50. The Morgan fingerprint density at radius 3 is 2.30 bits per heavy atom. The van der Waals surface area contributed by atoms with E-state index >= 15 is 0 Å². The smallest absolute Gasteiger partial charge is 0.410 e. The van der Waals surface area contributed by atoms with Crippen LogP contribution in [0.3, 0.4) is 0 Å². The Labute approximate surface area is 138 Å². The summed E-state index contributed by atoms with van der Waals surface area (Å²) in [5, 5.41) is 9.83. The van der Waals surface area contributed by atoms with Gasteiger partial charge in [0.2, 0.25) is 0 Å². The van der Waals surface area contributed by atoms with Gasteiger partial charge in [-0.2, -0.15) is 0 Å². The van der Waals surface area contributed by atoms with Gasteiger partial charge in [-0.25, -0.2) is 9.59 Å². The number of carbonyl (C=O) groups excluding carboxylic acids is 2. The van der Waals surface area contributed by atoms with Crippen LogP contribution in [0.1, 0.15) is 41.5 Å². The van der Waals surface area contributed by atoms with Crippen LogP contribution in [0.15, 0.2) is 0 Å². The molecule has 1 unspecified atom stereocenters. The third-order valence-electron chi connectivity index (χ3n) is 4.30. The van der Waals surface area contributed by atoms with Crippen molar-refractivity contribution in [3.8, 4) is 0 Å². The van der Waals surface area contributed by atoms with Crippen molar-refractivity contribution >= 4 is 12.1 Å². The second-order valence-corrected chi connectivity index (χ2v) is 8.25. The minimum atomic E-state index is -0.586. The van der Waals surface area contributed by atoms with E-state index in [1.165, 1.54) is 0 Å². The van der Waals surface area contributed by atoms with Crippen LogP contribution in [0.25, 0.3) is 0 Å². The summed E-state index contributed by atoms with van der Waals surface area (Å²) in [5.74, 6) is 0. The Bertz CT molecular complexity index is 481. The maximum atomic E-state index is 12.6. The van der Waals surface area contributed by atoms with Crippen LogP contribution >= 0.6 is 0 Å². The quantitative estimate of drug-likeness (QED) is 0.792. The average Bonchev–Trinajstić information content (AvgIpc) is 2.73. The van der Waals surface area contributed by atoms with Crippen LogP contribution in [-0.2, 0) is 4.74 Å². The fraction of sp³-hybridized carbons (Fsp3) is 0.875.